The van der Waals surface area contributed by atoms with E-state index >= 15 is 0 Å². The maximum absolute atomic E-state index is 12.2. The summed E-state index contributed by atoms with van der Waals surface area (Å²) < 4.78 is 5.21. The summed E-state index contributed by atoms with van der Waals surface area (Å²) in [7, 11) is 1.38. The van der Waals surface area contributed by atoms with E-state index < -0.39 is 5.91 Å². The largest absolute Gasteiger partial charge is 0.408 e. The number of aromatic nitrogens is 2. The van der Waals surface area contributed by atoms with Gasteiger partial charge in [-0.3, -0.25) is 10.1 Å². The number of nitrogens with zero attached hydrogens (tertiary/aromatic N) is 3. The quantitative estimate of drug-likeness (QED) is 0.665. The first kappa shape index (κ1) is 16.3. The summed E-state index contributed by atoms with van der Waals surface area (Å²) in [6, 6.07) is 3.02. The molecule has 1 amide bonds. The standard InChI is InChI=1S/C13H12Cl2N4O3/c1-3-10-18-19-13(22-10)17-12(20)7-4-5-9(14)8(11(7)15)6-16-21-2/h4-6H,3H2,1-2H3,(H,17,19,20)/b16-6+. The lowest BCUT2D eigenvalue weighted by atomic mass is 10.1. The lowest BCUT2D eigenvalue weighted by Crippen LogP contribution is -2.13. The SMILES string of the molecule is CCc1nnc(NC(=O)c2ccc(Cl)c(/C=N/OC)c2Cl)o1. The van der Waals surface area contributed by atoms with Crippen molar-refractivity contribution in [3.63, 3.8) is 0 Å². The highest BCUT2D eigenvalue weighted by Gasteiger charge is 2.17. The van der Waals surface area contributed by atoms with E-state index in [0.717, 1.165) is 0 Å². The number of benzene rings is 1. The molecular formula is C13H12Cl2N4O3. The molecule has 0 radical (unpaired) electrons. The van der Waals surface area contributed by atoms with Crippen LogP contribution in [-0.4, -0.2) is 29.4 Å². The molecule has 2 rings (SSSR count). The van der Waals surface area contributed by atoms with Crippen LogP contribution in [0.3, 0.4) is 0 Å². The van der Waals surface area contributed by atoms with Gasteiger partial charge in [-0.1, -0.05) is 40.4 Å². The summed E-state index contributed by atoms with van der Waals surface area (Å²) in [6.07, 6.45) is 1.89. The van der Waals surface area contributed by atoms with Crippen LogP contribution in [0.5, 0.6) is 0 Å². The van der Waals surface area contributed by atoms with Crippen molar-refractivity contribution in [2.45, 2.75) is 13.3 Å². The summed E-state index contributed by atoms with van der Waals surface area (Å²) in [5, 5.41) is 14.0. The lowest BCUT2D eigenvalue weighted by Gasteiger charge is -2.07. The molecule has 22 heavy (non-hydrogen) atoms. The highest BCUT2D eigenvalue weighted by Crippen LogP contribution is 2.27. The van der Waals surface area contributed by atoms with E-state index in [1.807, 2.05) is 6.92 Å². The predicted octanol–water partition coefficient (Wildman–Crippen LogP) is 3.17. The van der Waals surface area contributed by atoms with Gasteiger partial charge in [-0.2, -0.15) is 0 Å². The van der Waals surface area contributed by atoms with Gasteiger partial charge in [-0.05, 0) is 12.1 Å². The number of nitrogens with one attached hydrogen (secondary N) is 1. The molecule has 0 saturated carbocycles. The van der Waals surface area contributed by atoms with Crippen molar-refractivity contribution in [3.8, 4) is 0 Å². The van der Waals surface area contributed by atoms with Gasteiger partial charge in [0, 0.05) is 12.0 Å². The second kappa shape index (κ2) is 7.24. The lowest BCUT2D eigenvalue weighted by molar-refractivity contribution is 0.102. The molecular weight excluding hydrogens is 331 g/mol. The molecule has 0 aliphatic carbocycles. The van der Waals surface area contributed by atoms with Crippen molar-refractivity contribution < 1.29 is 14.0 Å². The van der Waals surface area contributed by atoms with Crippen LogP contribution in [0, 0.1) is 0 Å². The zero-order chi connectivity index (χ0) is 16.1. The fourth-order valence-electron chi connectivity index (χ4n) is 1.58. The average molecular weight is 343 g/mol. The number of carbonyl (C=O) groups excluding carboxylic acids is 1. The van der Waals surface area contributed by atoms with E-state index in [1.54, 1.807) is 0 Å². The van der Waals surface area contributed by atoms with Gasteiger partial charge >= 0.3 is 6.01 Å². The van der Waals surface area contributed by atoms with Gasteiger partial charge in [-0.15, -0.1) is 5.10 Å². The first-order valence-electron chi connectivity index (χ1n) is 6.25. The van der Waals surface area contributed by atoms with Gasteiger partial charge in [-0.25, -0.2) is 0 Å². The second-order valence-corrected chi connectivity index (χ2v) is 4.83. The number of hydrogen-bond acceptors (Lipinski definition) is 6. The Morgan fingerprint density at radius 3 is 2.86 bits per heavy atom. The van der Waals surface area contributed by atoms with Crippen LogP contribution in [0.1, 0.15) is 28.7 Å². The Kier molecular flexibility index (Phi) is 5.35. The number of amides is 1. The number of anilines is 1. The minimum Gasteiger partial charge on any atom is -0.408 e. The van der Waals surface area contributed by atoms with Crippen LogP contribution in [0.15, 0.2) is 21.7 Å². The van der Waals surface area contributed by atoms with Gasteiger partial charge in [0.2, 0.25) is 5.89 Å². The summed E-state index contributed by atoms with van der Waals surface area (Å²) in [5.74, 6) is -0.0783. The maximum atomic E-state index is 12.2. The minimum absolute atomic E-state index is 0.0000229. The van der Waals surface area contributed by atoms with Crippen molar-refractivity contribution in [1.29, 1.82) is 0 Å². The molecule has 0 unspecified atom stereocenters. The Labute approximate surface area is 136 Å². The van der Waals surface area contributed by atoms with Gasteiger partial charge in [0.25, 0.3) is 5.91 Å². The Morgan fingerprint density at radius 2 is 2.23 bits per heavy atom. The van der Waals surface area contributed by atoms with Gasteiger partial charge < -0.3 is 9.25 Å². The maximum Gasteiger partial charge on any atom is 0.322 e. The molecule has 0 aliphatic heterocycles. The van der Waals surface area contributed by atoms with E-state index in [9.17, 15) is 4.79 Å². The Morgan fingerprint density at radius 1 is 1.45 bits per heavy atom. The van der Waals surface area contributed by atoms with Crippen LogP contribution in [0.4, 0.5) is 6.01 Å². The van der Waals surface area contributed by atoms with Gasteiger partial charge in [0.15, 0.2) is 0 Å². The third-order valence-corrected chi connectivity index (χ3v) is 3.38. The third kappa shape index (κ3) is 3.55. The zero-order valence-electron chi connectivity index (χ0n) is 11.8. The van der Waals surface area contributed by atoms with Crippen molar-refractivity contribution in [1.82, 2.24) is 10.2 Å². The third-order valence-electron chi connectivity index (χ3n) is 2.65. The highest BCUT2D eigenvalue weighted by atomic mass is 35.5. The molecule has 0 spiro atoms. The van der Waals surface area contributed by atoms with E-state index in [0.29, 0.717) is 22.9 Å². The van der Waals surface area contributed by atoms with E-state index in [2.05, 4.69) is 25.5 Å². The molecule has 2 aromatic rings. The Bertz CT molecular complexity index is 715. The van der Waals surface area contributed by atoms with E-state index in [-0.39, 0.29) is 16.6 Å². The molecule has 9 heteroatoms. The Hall–Kier alpha value is -2.12. The molecule has 1 N–H and O–H groups in total. The molecule has 1 aromatic heterocycles. The molecule has 0 atom stereocenters. The van der Waals surface area contributed by atoms with E-state index in [4.69, 9.17) is 27.6 Å². The molecule has 0 fully saturated rings. The summed E-state index contributed by atoms with van der Waals surface area (Å²) in [4.78, 5) is 16.8. The monoisotopic (exact) mass is 342 g/mol. The summed E-state index contributed by atoms with van der Waals surface area (Å²) in [5.41, 5.74) is 0.567. The van der Waals surface area contributed by atoms with Gasteiger partial charge in [0.05, 0.1) is 21.8 Å². The number of oxime groups is 1. The molecule has 0 saturated heterocycles. The van der Waals surface area contributed by atoms with E-state index in [1.165, 1.54) is 25.5 Å². The molecule has 1 heterocycles. The molecule has 1 aromatic carbocycles. The fraction of sp³-hybridized carbons (Fsp3) is 0.231. The predicted molar refractivity (Wildman–Crippen MR) is 82.7 cm³/mol. The van der Waals surface area contributed by atoms with Crippen molar-refractivity contribution in [2.75, 3.05) is 12.4 Å². The molecule has 116 valence electrons. The van der Waals surface area contributed by atoms with Crippen molar-refractivity contribution in [2.24, 2.45) is 5.16 Å². The summed E-state index contributed by atoms with van der Waals surface area (Å²) >= 11 is 12.2. The zero-order valence-corrected chi connectivity index (χ0v) is 13.3. The van der Waals surface area contributed by atoms with Crippen LogP contribution in [0.2, 0.25) is 10.0 Å². The number of halogens is 2. The second-order valence-electron chi connectivity index (χ2n) is 4.05. The number of carbonyl (C=O) groups is 1. The van der Waals surface area contributed by atoms with Crippen molar-refractivity contribution in [3.05, 3.63) is 39.2 Å². The molecule has 7 nitrogen and oxygen atoms in total. The number of rotatable bonds is 5. The number of aryl methyl sites for hydroxylation is 1. The minimum atomic E-state index is -0.500. The van der Waals surface area contributed by atoms with Crippen molar-refractivity contribution >= 4 is 41.3 Å². The molecule has 0 aliphatic rings. The van der Waals surface area contributed by atoms with Gasteiger partial charge in [0.1, 0.15) is 7.11 Å². The van der Waals surface area contributed by atoms with Crippen LogP contribution >= 0.6 is 23.2 Å². The van der Waals surface area contributed by atoms with Crippen LogP contribution in [0.25, 0.3) is 0 Å². The normalized spacial score (nSPS) is 10.9. The Balaban J connectivity index is 2.27. The number of hydrogen-bond donors (Lipinski definition) is 1. The fourth-order valence-corrected chi connectivity index (χ4v) is 2.13. The van der Waals surface area contributed by atoms with Crippen LogP contribution < -0.4 is 5.32 Å². The molecule has 0 bridgehead atoms. The first-order chi connectivity index (χ1) is 10.6. The highest BCUT2D eigenvalue weighted by molar-refractivity contribution is 6.40. The summed E-state index contributed by atoms with van der Waals surface area (Å²) in [6.45, 7) is 1.86. The first-order valence-corrected chi connectivity index (χ1v) is 7.00. The van der Waals surface area contributed by atoms with Crippen LogP contribution in [-0.2, 0) is 11.3 Å². The topological polar surface area (TPSA) is 89.6 Å². The average Bonchev–Trinajstić information content (AvgIpc) is 2.94. The smallest absolute Gasteiger partial charge is 0.322 e.